The molecule has 0 amide bonds. The number of aromatic nitrogens is 3. The summed E-state index contributed by atoms with van der Waals surface area (Å²) in [5.41, 5.74) is 9.24. The Labute approximate surface area is 167 Å². The zero-order valence-electron chi connectivity index (χ0n) is 16.1. The lowest BCUT2D eigenvalue weighted by atomic mass is 10.2. The Morgan fingerprint density at radius 2 is 1.90 bits per heavy atom. The van der Waals surface area contributed by atoms with Crippen molar-refractivity contribution in [2.75, 3.05) is 12.8 Å². The van der Waals surface area contributed by atoms with Crippen LogP contribution in [0, 0.1) is 18.3 Å². The van der Waals surface area contributed by atoms with E-state index in [-0.39, 0.29) is 0 Å². The number of benzene rings is 2. The van der Waals surface area contributed by atoms with Crippen molar-refractivity contribution in [1.29, 1.82) is 5.26 Å². The van der Waals surface area contributed by atoms with Crippen LogP contribution >= 0.6 is 0 Å². The molecule has 2 aromatic heterocycles. The molecule has 0 spiro atoms. The fraction of sp³-hybridized carbons (Fsp3) is 0.136. The molecule has 4 rings (SSSR count). The minimum absolute atomic E-state index is 0.373. The average Bonchev–Trinajstić information content (AvgIpc) is 3.06. The zero-order chi connectivity index (χ0) is 20.4. The monoisotopic (exact) mass is 385 g/mol. The number of nitrogens with zero attached hydrogens (tertiary/aromatic N) is 4. The van der Waals surface area contributed by atoms with E-state index in [4.69, 9.17) is 15.2 Å². The highest BCUT2D eigenvalue weighted by molar-refractivity contribution is 5.85. The minimum Gasteiger partial charge on any atom is -0.497 e. The summed E-state index contributed by atoms with van der Waals surface area (Å²) in [6.07, 6.45) is 1.67. The molecule has 144 valence electrons. The molecule has 2 aromatic carbocycles. The minimum atomic E-state index is 0.373. The first-order valence-electron chi connectivity index (χ1n) is 9.01. The summed E-state index contributed by atoms with van der Waals surface area (Å²) in [5, 5.41) is 14.8. The number of pyridine rings is 1. The Hall–Kier alpha value is -4.05. The second kappa shape index (κ2) is 7.52. The Balaban J connectivity index is 1.71. The lowest BCUT2D eigenvalue weighted by Gasteiger charge is -2.09. The molecule has 0 aliphatic rings. The number of ether oxygens (including phenoxy) is 2. The van der Waals surface area contributed by atoms with Crippen LogP contribution in [0.3, 0.4) is 0 Å². The number of nitrogen functional groups attached to an aromatic ring is 1. The van der Waals surface area contributed by atoms with Crippen molar-refractivity contribution in [3.8, 4) is 23.3 Å². The van der Waals surface area contributed by atoms with E-state index in [1.54, 1.807) is 37.6 Å². The quantitative estimate of drug-likeness (QED) is 0.521. The molecule has 29 heavy (non-hydrogen) atoms. The van der Waals surface area contributed by atoms with Crippen LogP contribution in [0.5, 0.6) is 17.2 Å². The molecule has 2 N–H and O–H groups in total. The Bertz CT molecular complexity index is 1220. The van der Waals surface area contributed by atoms with Crippen molar-refractivity contribution < 1.29 is 9.47 Å². The third-order valence-electron chi connectivity index (χ3n) is 4.61. The van der Waals surface area contributed by atoms with E-state index in [9.17, 15) is 5.26 Å². The van der Waals surface area contributed by atoms with Gasteiger partial charge in [-0.3, -0.25) is 0 Å². The molecule has 0 fully saturated rings. The first-order chi connectivity index (χ1) is 14.1. The van der Waals surface area contributed by atoms with Gasteiger partial charge in [0.1, 0.15) is 23.3 Å². The molecule has 0 saturated heterocycles. The van der Waals surface area contributed by atoms with E-state index >= 15 is 0 Å². The number of rotatable bonds is 5. The number of anilines is 1. The molecule has 0 aliphatic heterocycles. The van der Waals surface area contributed by atoms with Gasteiger partial charge in [-0.2, -0.15) is 10.4 Å². The second-order valence-corrected chi connectivity index (χ2v) is 6.57. The van der Waals surface area contributed by atoms with Gasteiger partial charge in [0.2, 0.25) is 0 Å². The summed E-state index contributed by atoms with van der Waals surface area (Å²) < 4.78 is 13.1. The van der Waals surface area contributed by atoms with Gasteiger partial charge in [-0.1, -0.05) is 12.1 Å². The molecule has 2 heterocycles. The van der Waals surface area contributed by atoms with E-state index in [2.05, 4.69) is 16.2 Å². The van der Waals surface area contributed by atoms with Crippen LogP contribution in [0.1, 0.15) is 16.8 Å². The number of fused-ring (bicyclic) bond motifs is 1. The first-order valence-corrected chi connectivity index (χ1v) is 9.01. The summed E-state index contributed by atoms with van der Waals surface area (Å²) in [4.78, 5) is 4.50. The van der Waals surface area contributed by atoms with Crippen LogP contribution in [0.4, 0.5) is 5.69 Å². The normalized spacial score (nSPS) is 10.7. The fourth-order valence-corrected chi connectivity index (χ4v) is 3.19. The molecule has 0 bridgehead atoms. The van der Waals surface area contributed by atoms with Crippen LogP contribution in [0.15, 0.2) is 54.7 Å². The highest BCUT2D eigenvalue weighted by Gasteiger charge is 2.16. The van der Waals surface area contributed by atoms with Crippen LogP contribution < -0.4 is 15.2 Å². The van der Waals surface area contributed by atoms with E-state index in [0.29, 0.717) is 34.9 Å². The van der Waals surface area contributed by atoms with Gasteiger partial charge in [0.05, 0.1) is 30.3 Å². The maximum atomic E-state index is 9.37. The van der Waals surface area contributed by atoms with Crippen molar-refractivity contribution in [3.05, 3.63) is 71.5 Å². The Morgan fingerprint density at radius 3 is 2.62 bits per heavy atom. The summed E-state index contributed by atoms with van der Waals surface area (Å²) in [6, 6.07) is 16.7. The standard InChI is InChI=1S/C22H19N5O2/c1-14-21-20(29-19-8-5-17(24)11-16(19)12-23)9-10-25-22(21)27(26-14)13-15-3-6-18(28-2)7-4-15/h3-11H,13,24H2,1-2H3. The van der Waals surface area contributed by atoms with Gasteiger partial charge in [0, 0.05) is 11.9 Å². The Morgan fingerprint density at radius 1 is 1.10 bits per heavy atom. The lowest BCUT2D eigenvalue weighted by Crippen LogP contribution is -2.03. The smallest absolute Gasteiger partial charge is 0.162 e. The third kappa shape index (κ3) is 3.56. The number of nitrogens with two attached hydrogens (primary N) is 1. The van der Waals surface area contributed by atoms with Gasteiger partial charge < -0.3 is 15.2 Å². The number of hydrogen-bond donors (Lipinski definition) is 1. The topological polar surface area (TPSA) is 99.0 Å². The summed E-state index contributed by atoms with van der Waals surface area (Å²) in [6.45, 7) is 2.48. The third-order valence-corrected chi connectivity index (χ3v) is 4.61. The number of nitriles is 1. The van der Waals surface area contributed by atoms with Crippen molar-refractivity contribution >= 4 is 16.7 Å². The summed E-state index contributed by atoms with van der Waals surface area (Å²) in [7, 11) is 1.64. The largest absolute Gasteiger partial charge is 0.497 e. The van der Waals surface area contributed by atoms with Gasteiger partial charge in [0.25, 0.3) is 0 Å². The molecular weight excluding hydrogens is 366 g/mol. The molecule has 0 radical (unpaired) electrons. The maximum absolute atomic E-state index is 9.37. The van der Waals surface area contributed by atoms with E-state index < -0.39 is 0 Å². The number of methoxy groups -OCH3 is 1. The van der Waals surface area contributed by atoms with Gasteiger partial charge in [-0.25, -0.2) is 9.67 Å². The molecule has 0 aliphatic carbocycles. The van der Waals surface area contributed by atoms with Crippen LogP contribution in [-0.4, -0.2) is 21.9 Å². The van der Waals surface area contributed by atoms with Gasteiger partial charge in [0.15, 0.2) is 5.65 Å². The predicted octanol–water partition coefficient (Wildman–Crippen LogP) is 4.04. The maximum Gasteiger partial charge on any atom is 0.162 e. The van der Waals surface area contributed by atoms with E-state index in [1.165, 1.54) is 0 Å². The van der Waals surface area contributed by atoms with Gasteiger partial charge >= 0.3 is 0 Å². The molecular formula is C22H19N5O2. The molecule has 0 atom stereocenters. The summed E-state index contributed by atoms with van der Waals surface area (Å²) >= 11 is 0. The molecule has 7 heteroatoms. The first kappa shape index (κ1) is 18.3. The molecule has 0 unspecified atom stereocenters. The van der Waals surface area contributed by atoms with Crippen LogP contribution in [-0.2, 0) is 6.54 Å². The van der Waals surface area contributed by atoms with Crippen molar-refractivity contribution in [2.45, 2.75) is 13.5 Å². The number of aryl methyl sites for hydroxylation is 1. The fourth-order valence-electron chi connectivity index (χ4n) is 3.19. The zero-order valence-corrected chi connectivity index (χ0v) is 16.1. The van der Waals surface area contributed by atoms with Crippen molar-refractivity contribution in [2.24, 2.45) is 0 Å². The number of hydrogen-bond acceptors (Lipinski definition) is 6. The summed E-state index contributed by atoms with van der Waals surface area (Å²) in [5.74, 6) is 1.84. The highest BCUT2D eigenvalue weighted by Crippen LogP contribution is 2.33. The van der Waals surface area contributed by atoms with E-state index in [1.807, 2.05) is 35.9 Å². The molecule has 7 nitrogen and oxygen atoms in total. The van der Waals surface area contributed by atoms with Gasteiger partial charge in [-0.15, -0.1) is 0 Å². The Kier molecular flexibility index (Phi) is 4.75. The second-order valence-electron chi connectivity index (χ2n) is 6.57. The molecule has 0 saturated carbocycles. The van der Waals surface area contributed by atoms with Crippen LogP contribution in [0.2, 0.25) is 0 Å². The van der Waals surface area contributed by atoms with Crippen LogP contribution in [0.25, 0.3) is 11.0 Å². The van der Waals surface area contributed by atoms with E-state index in [0.717, 1.165) is 22.4 Å². The average molecular weight is 385 g/mol. The van der Waals surface area contributed by atoms with Gasteiger partial charge in [-0.05, 0) is 48.9 Å². The SMILES string of the molecule is COc1ccc(Cn2nc(C)c3c(Oc4ccc(N)cc4C#N)ccnc32)cc1. The molecule has 4 aromatic rings. The van der Waals surface area contributed by atoms with Crippen molar-refractivity contribution in [1.82, 2.24) is 14.8 Å². The highest BCUT2D eigenvalue weighted by atomic mass is 16.5. The predicted molar refractivity (Wildman–Crippen MR) is 110 cm³/mol. The lowest BCUT2D eigenvalue weighted by molar-refractivity contribution is 0.414. The van der Waals surface area contributed by atoms with Crippen molar-refractivity contribution in [3.63, 3.8) is 0 Å².